The summed E-state index contributed by atoms with van der Waals surface area (Å²) in [4.78, 5) is 28.6. The lowest BCUT2D eigenvalue weighted by Crippen LogP contribution is -2.40. The molecule has 142 valence electrons. The summed E-state index contributed by atoms with van der Waals surface area (Å²) in [6, 6.07) is 13.8. The normalized spacial score (nSPS) is 16.6. The molecule has 3 rings (SSSR count). The van der Waals surface area contributed by atoms with E-state index in [1.807, 2.05) is 30.9 Å². The van der Waals surface area contributed by atoms with Gasteiger partial charge >= 0.3 is 0 Å². The Labute approximate surface area is 163 Å². The van der Waals surface area contributed by atoms with Gasteiger partial charge in [0.25, 0.3) is 5.91 Å². The van der Waals surface area contributed by atoms with Crippen molar-refractivity contribution >= 4 is 23.6 Å². The van der Waals surface area contributed by atoms with Crippen LogP contribution in [0.2, 0.25) is 0 Å². The van der Waals surface area contributed by atoms with Crippen molar-refractivity contribution in [2.45, 2.75) is 19.2 Å². The Morgan fingerprint density at radius 1 is 1.19 bits per heavy atom. The van der Waals surface area contributed by atoms with E-state index in [2.05, 4.69) is 12.1 Å². The molecule has 27 heavy (non-hydrogen) atoms. The van der Waals surface area contributed by atoms with Crippen molar-refractivity contribution in [2.75, 3.05) is 25.4 Å². The van der Waals surface area contributed by atoms with Crippen LogP contribution in [0.3, 0.4) is 0 Å². The van der Waals surface area contributed by atoms with E-state index >= 15 is 0 Å². The molecule has 2 amide bonds. The molecule has 1 saturated heterocycles. The van der Waals surface area contributed by atoms with Gasteiger partial charge in [0.2, 0.25) is 5.91 Å². The van der Waals surface area contributed by atoms with Crippen LogP contribution in [-0.4, -0.2) is 47.0 Å². The van der Waals surface area contributed by atoms with Crippen molar-refractivity contribution in [3.8, 4) is 0 Å². The number of carbonyl (C=O) groups excluding carboxylic acids is 2. The zero-order valence-electron chi connectivity index (χ0n) is 15.5. The lowest BCUT2D eigenvalue weighted by atomic mass is 10.1. The van der Waals surface area contributed by atoms with Crippen LogP contribution in [0.25, 0.3) is 0 Å². The summed E-state index contributed by atoms with van der Waals surface area (Å²) in [6.07, 6.45) is 0. The number of thioether (sulfide) groups is 1. The highest BCUT2D eigenvalue weighted by molar-refractivity contribution is 8.00. The number of hydrogen-bond acceptors (Lipinski definition) is 3. The Hall–Kier alpha value is -2.34. The maximum atomic E-state index is 13.1. The number of amides is 2. The predicted molar refractivity (Wildman–Crippen MR) is 106 cm³/mol. The Kier molecular flexibility index (Phi) is 6.16. The summed E-state index contributed by atoms with van der Waals surface area (Å²) in [5.74, 6) is 0.0334. The van der Waals surface area contributed by atoms with Crippen LogP contribution >= 0.6 is 11.8 Å². The second-order valence-corrected chi connectivity index (χ2v) is 7.62. The molecule has 1 aliphatic heterocycles. The highest BCUT2D eigenvalue weighted by atomic mass is 32.2. The summed E-state index contributed by atoms with van der Waals surface area (Å²) in [6.45, 7) is 5.39. The van der Waals surface area contributed by atoms with E-state index in [0.717, 1.165) is 5.56 Å². The minimum absolute atomic E-state index is 0.0160. The maximum absolute atomic E-state index is 13.1. The molecule has 4 nitrogen and oxygen atoms in total. The van der Waals surface area contributed by atoms with Gasteiger partial charge in [0.1, 0.15) is 11.2 Å². The summed E-state index contributed by atoms with van der Waals surface area (Å²) < 4.78 is 13.1. The molecule has 0 radical (unpaired) electrons. The molecule has 1 aliphatic rings. The molecule has 2 aromatic rings. The van der Waals surface area contributed by atoms with Crippen LogP contribution in [0.4, 0.5) is 4.39 Å². The first-order valence-corrected chi connectivity index (χ1v) is 10.1. The summed E-state index contributed by atoms with van der Waals surface area (Å²) in [5.41, 5.74) is 2.74. The van der Waals surface area contributed by atoms with E-state index in [-0.39, 0.29) is 23.0 Å². The Balaban J connectivity index is 1.68. The smallest absolute Gasteiger partial charge is 0.253 e. The molecule has 0 aromatic heterocycles. The first kappa shape index (κ1) is 19.4. The van der Waals surface area contributed by atoms with Gasteiger partial charge in [-0.15, -0.1) is 11.8 Å². The van der Waals surface area contributed by atoms with Gasteiger partial charge in [0, 0.05) is 25.2 Å². The van der Waals surface area contributed by atoms with Crippen LogP contribution in [0.1, 0.15) is 33.8 Å². The van der Waals surface area contributed by atoms with Crippen molar-refractivity contribution in [3.05, 3.63) is 71.0 Å². The first-order chi connectivity index (χ1) is 13.0. The fraction of sp³-hybridized carbons (Fsp3) is 0.333. The van der Waals surface area contributed by atoms with Crippen LogP contribution in [0, 0.1) is 12.7 Å². The number of halogens is 1. The van der Waals surface area contributed by atoms with Gasteiger partial charge in [0.05, 0.1) is 5.75 Å². The van der Waals surface area contributed by atoms with Crippen LogP contribution in [0.5, 0.6) is 0 Å². The fourth-order valence-corrected chi connectivity index (χ4v) is 4.33. The third kappa shape index (κ3) is 4.50. The van der Waals surface area contributed by atoms with E-state index < -0.39 is 0 Å². The molecule has 0 aliphatic carbocycles. The van der Waals surface area contributed by atoms with Crippen molar-refractivity contribution in [1.29, 1.82) is 0 Å². The molecule has 0 bridgehead atoms. The highest BCUT2D eigenvalue weighted by Crippen LogP contribution is 2.38. The lowest BCUT2D eigenvalue weighted by Gasteiger charge is -2.28. The molecule has 1 fully saturated rings. The third-order valence-electron chi connectivity index (χ3n) is 4.70. The van der Waals surface area contributed by atoms with Crippen LogP contribution in [-0.2, 0) is 4.79 Å². The quantitative estimate of drug-likeness (QED) is 0.757. The van der Waals surface area contributed by atoms with Gasteiger partial charge in [-0.2, -0.15) is 0 Å². The molecule has 0 unspecified atom stereocenters. The van der Waals surface area contributed by atoms with Crippen LogP contribution in [0.15, 0.2) is 48.5 Å². The number of aryl methyl sites for hydroxylation is 1. The van der Waals surface area contributed by atoms with Gasteiger partial charge in [-0.1, -0.05) is 29.8 Å². The third-order valence-corrected chi connectivity index (χ3v) is 5.96. The number of benzene rings is 2. The second kappa shape index (κ2) is 8.57. The topological polar surface area (TPSA) is 40.6 Å². The van der Waals surface area contributed by atoms with E-state index in [0.29, 0.717) is 31.0 Å². The Morgan fingerprint density at radius 2 is 1.85 bits per heavy atom. The lowest BCUT2D eigenvalue weighted by molar-refractivity contribution is -0.128. The molecule has 1 atom stereocenters. The van der Waals surface area contributed by atoms with Gasteiger partial charge in [-0.3, -0.25) is 9.59 Å². The summed E-state index contributed by atoms with van der Waals surface area (Å²) >= 11 is 1.61. The Morgan fingerprint density at radius 3 is 2.48 bits per heavy atom. The van der Waals surface area contributed by atoms with E-state index in [1.165, 1.54) is 29.8 Å². The average molecular weight is 386 g/mol. The number of rotatable bonds is 6. The van der Waals surface area contributed by atoms with Gasteiger partial charge < -0.3 is 9.80 Å². The van der Waals surface area contributed by atoms with E-state index in [9.17, 15) is 14.0 Å². The van der Waals surface area contributed by atoms with Crippen LogP contribution < -0.4 is 0 Å². The van der Waals surface area contributed by atoms with Gasteiger partial charge in [0.15, 0.2) is 0 Å². The molecule has 0 saturated carbocycles. The van der Waals surface area contributed by atoms with Gasteiger partial charge in [-0.25, -0.2) is 4.39 Å². The first-order valence-electron chi connectivity index (χ1n) is 9.02. The summed E-state index contributed by atoms with van der Waals surface area (Å²) in [7, 11) is 0. The average Bonchev–Trinajstić information content (AvgIpc) is 3.04. The SMILES string of the molecule is CCN(CCN1C(=O)CS[C@H]1c1ccc(C)cc1)C(=O)c1ccc(F)cc1. The molecule has 1 heterocycles. The molecule has 6 heteroatoms. The molecular weight excluding hydrogens is 363 g/mol. The summed E-state index contributed by atoms with van der Waals surface area (Å²) in [5, 5.41) is -0.0160. The highest BCUT2D eigenvalue weighted by Gasteiger charge is 2.33. The minimum Gasteiger partial charge on any atom is -0.337 e. The molecular formula is C21H23FN2O2S. The Bertz CT molecular complexity index is 808. The zero-order chi connectivity index (χ0) is 19.4. The minimum atomic E-state index is -0.366. The van der Waals surface area contributed by atoms with Crippen molar-refractivity contribution in [3.63, 3.8) is 0 Å². The monoisotopic (exact) mass is 386 g/mol. The zero-order valence-corrected chi connectivity index (χ0v) is 16.3. The largest absolute Gasteiger partial charge is 0.337 e. The van der Waals surface area contributed by atoms with Crippen molar-refractivity contribution in [1.82, 2.24) is 9.80 Å². The fourth-order valence-electron chi connectivity index (χ4n) is 3.11. The number of nitrogens with zero attached hydrogens (tertiary/aromatic N) is 2. The molecule has 0 N–H and O–H groups in total. The molecule has 0 spiro atoms. The van der Waals surface area contributed by atoms with Crippen molar-refractivity contribution < 1.29 is 14.0 Å². The molecule has 2 aromatic carbocycles. The second-order valence-electron chi connectivity index (χ2n) is 6.55. The number of carbonyl (C=O) groups is 2. The maximum Gasteiger partial charge on any atom is 0.253 e. The van der Waals surface area contributed by atoms with Crippen molar-refractivity contribution in [2.24, 2.45) is 0 Å². The predicted octanol–water partition coefficient (Wildman–Crippen LogP) is 3.87. The van der Waals surface area contributed by atoms with E-state index in [4.69, 9.17) is 0 Å². The van der Waals surface area contributed by atoms with E-state index in [1.54, 1.807) is 16.7 Å². The number of hydrogen-bond donors (Lipinski definition) is 0. The standard InChI is InChI=1S/C21H23FN2O2S/c1-3-23(20(26)16-8-10-18(22)11-9-16)12-13-24-19(25)14-27-21(24)17-6-4-15(2)5-7-17/h4-11,21H,3,12-14H2,1-2H3/t21-/m0/s1. The van der Waals surface area contributed by atoms with Gasteiger partial charge in [-0.05, 0) is 43.7 Å². The number of likely N-dealkylation sites (N-methyl/N-ethyl adjacent to an activating group) is 1.